The van der Waals surface area contributed by atoms with Crippen LogP contribution in [0.1, 0.15) is 45.1 Å². The molecule has 6 heteroatoms. The zero-order valence-corrected chi connectivity index (χ0v) is 15.8. The molecule has 0 aliphatic heterocycles. The highest BCUT2D eigenvalue weighted by molar-refractivity contribution is 5.80. The first-order valence-corrected chi connectivity index (χ1v) is 9.06. The molecule has 1 fully saturated rings. The summed E-state index contributed by atoms with van der Waals surface area (Å²) in [5.41, 5.74) is 0.918. The van der Waals surface area contributed by atoms with Gasteiger partial charge in [0.05, 0.1) is 20.8 Å². The third-order valence-corrected chi connectivity index (χ3v) is 4.66. The van der Waals surface area contributed by atoms with Crippen LogP contribution in [-0.2, 0) is 6.54 Å². The number of ether oxygens (including phenoxy) is 2. The standard InChI is InChI=1S/C19H31N3O3/c1-5-20-19(22-15-8-6-13(2)7-9-15)21-12-14-10-16(24-3)18(23)17(11-14)25-4/h10-11,13,15,23H,5-9,12H2,1-4H3,(H2,20,21,22). The van der Waals surface area contributed by atoms with Crippen molar-refractivity contribution in [3.8, 4) is 17.2 Å². The molecule has 1 aliphatic carbocycles. The smallest absolute Gasteiger partial charge is 0.200 e. The van der Waals surface area contributed by atoms with Crippen LogP contribution in [0.15, 0.2) is 17.1 Å². The third kappa shape index (κ3) is 5.44. The van der Waals surface area contributed by atoms with Crippen LogP contribution >= 0.6 is 0 Å². The van der Waals surface area contributed by atoms with Crippen molar-refractivity contribution < 1.29 is 14.6 Å². The van der Waals surface area contributed by atoms with Crippen LogP contribution < -0.4 is 20.1 Å². The lowest BCUT2D eigenvalue weighted by Crippen LogP contribution is -2.44. The molecule has 2 rings (SSSR count). The molecule has 3 N–H and O–H groups in total. The van der Waals surface area contributed by atoms with Crippen molar-refractivity contribution >= 4 is 5.96 Å². The van der Waals surface area contributed by atoms with Gasteiger partial charge in [-0.15, -0.1) is 0 Å². The van der Waals surface area contributed by atoms with Crippen molar-refractivity contribution in [2.75, 3.05) is 20.8 Å². The monoisotopic (exact) mass is 349 g/mol. The highest BCUT2D eigenvalue weighted by Gasteiger charge is 2.19. The molecule has 140 valence electrons. The third-order valence-electron chi connectivity index (χ3n) is 4.66. The highest BCUT2D eigenvalue weighted by Crippen LogP contribution is 2.37. The Bertz CT molecular complexity index is 556. The summed E-state index contributed by atoms with van der Waals surface area (Å²) >= 11 is 0. The van der Waals surface area contributed by atoms with E-state index in [2.05, 4.69) is 29.5 Å². The number of benzene rings is 1. The quantitative estimate of drug-likeness (QED) is 0.544. The second-order valence-electron chi connectivity index (χ2n) is 6.65. The van der Waals surface area contributed by atoms with E-state index in [9.17, 15) is 5.11 Å². The average molecular weight is 349 g/mol. The molecule has 25 heavy (non-hydrogen) atoms. The predicted octanol–water partition coefficient (Wildman–Crippen LogP) is 3.04. The number of hydrogen-bond donors (Lipinski definition) is 3. The molecule has 0 spiro atoms. The van der Waals surface area contributed by atoms with Crippen LogP contribution in [-0.4, -0.2) is 37.9 Å². The zero-order chi connectivity index (χ0) is 18.2. The molecule has 0 unspecified atom stereocenters. The molecule has 1 aromatic carbocycles. The second-order valence-corrected chi connectivity index (χ2v) is 6.65. The maximum atomic E-state index is 10.0. The molecule has 1 saturated carbocycles. The number of phenols is 1. The zero-order valence-electron chi connectivity index (χ0n) is 15.8. The van der Waals surface area contributed by atoms with E-state index in [-0.39, 0.29) is 5.75 Å². The fourth-order valence-electron chi connectivity index (χ4n) is 3.13. The number of guanidine groups is 1. The number of aromatic hydroxyl groups is 1. The Kier molecular flexibility index (Phi) is 7.22. The predicted molar refractivity (Wildman–Crippen MR) is 101 cm³/mol. The summed E-state index contributed by atoms with van der Waals surface area (Å²) in [5, 5.41) is 16.9. The largest absolute Gasteiger partial charge is 0.502 e. The molecule has 0 aromatic heterocycles. The number of rotatable bonds is 6. The number of nitrogens with zero attached hydrogens (tertiary/aromatic N) is 1. The van der Waals surface area contributed by atoms with E-state index in [1.54, 1.807) is 12.1 Å². The van der Waals surface area contributed by atoms with Gasteiger partial charge in [-0.1, -0.05) is 6.92 Å². The first-order chi connectivity index (χ1) is 12.1. The highest BCUT2D eigenvalue weighted by atomic mass is 16.5. The van der Waals surface area contributed by atoms with Gasteiger partial charge in [0, 0.05) is 12.6 Å². The topological polar surface area (TPSA) is 75.1 Å². The molecule has 0 saturated heterocycles. The minimum absolute atomic E-state index is 0.0130. The number of aliphatic imine (C=N–C) groups is 1. The number of hydrogen-bond acceptors (Lipinski definition) is 4. The van der Waals surface area contributed by atoms with Crippen LogP contribution in [0.4, 0.5) is 0 Å². The number of nitrogens with one attached hydrogen (secondary N) is 2. The molecular formula is C19H31N3O3. The molecular weight excluding hydrogens is 318 g/mol. The maximum Gasteiger partial charge on any atom is 0.200 e. The van der Waals surface area contributed by atoms with E-state index in [1.165, 1.54) is 39.9 Å². The number of methoxy groups -OCH3 is 2. The first kappa shape index (κ1) is 19.2. The fourth-order valence-corrected chi connectivity index (χ4v) is 3.13. The van der Waals surface area contributed by atoms with Gasteiger partial charge in [0.25, 0.3) is 0 Å². The second kappa shape index (κ2) is 9.39. The van der Waals surface area contributed by atoms with E-state index in [0.717, 1.165) is 24.0 Å². The maximum absolute atomic E-state index is 10.0. The fraction of sp³-hybridized carbons (Fsp3) is 0.632. The van der Waals surface area contributed by atoms with Gasteiger partial charge in [0.15, 0.2) is 17.5 Å². The molecule has 0 radical (unpaired) electrons. The van der Waals surface area contributed by atoms with Gasteiger partial charge in [0.2, 0.25) is 5.75 Å². The van der Waals surface area contributed by atoms with Crippen molar-refractivity contribution in [3.63, 3.8) is 0 Å². The molecule has 0 amide bonds. The van der Waals surface area contributed by atoms with Gasteiger partial charge in [0.1, 0.15) is 0 Å². The molecule has 0 heterocycles. The van der Waals surface area contributed by atoms with Crippen molar-refractivity contribution in [1.82, 2.24) is 10.6 Å². The molecule has 6 nitrogen and oxygen atoms in total. The Labute approximate surface area is 150 Å². The molecule has 0 bridgehead atoms. The van der Waals surface area contributed by atoms with Crippen LogP contribution in [0.3, 0.4) is 0 Å². The van der Waals surface area contributed by atoms with Gasteiger partial charge in [-0.2, -0.15) is 0 Å². The van der Waals surface area contributed by atoms with Crippen LogP contribution in [0, 0.1) is 5.92 Å². The average Bonchev–Trinajstić information content (AvgIpc) is 2.62. The van der Waals surface area contributed by atoms with Crippen LogP contribution in [0.5, 0.6) is 17.2 Å². The Hall–Kier alpha value is -2.11. The van der Waals surface area contributed by atoms with E-state index in [4.69, 9.17) is 9.47 Å². The van der Waals surface area contributed by atoms with Gasteiger partial charge in [-0.05, 0) is 56.2 Å². The SMILES string of the molecule is CCNC(=NCc1cc(OC)c(O)c(OC)c1)NC1CCC(C)CC1. The lowest BCUT2D eigenvalue weighted by molar-refractivity contribution is 0.329. The van der Waals surface area contributed by atoms with Crippen molar-refractivity contribution in [2.24, 2.45) is 10.9 Å². The van der Waals surface area contributed by atoms with E-state index in [1.807, 2.05) is 0 Å². The van der Waals surface area contributed by atoms with Crippen molar-refractivity contribution in [1.29, 1.82) is 0 Å². The summed E-state index contributed by atoms with van der Waals surface area (Å²) in [6, 6.07) is 4.05. The van der Waals surface area contributed by atoms with Gasteiger partial charge < -0.3 is 25.2 Å². The summed E-state index contributed by atoms with van der Waals surface area (Å²) in [4.78, 5) is 4.68. The van der Waals surface area contributed by atoms with E-state index in [0.29, 0.717) is 24.1 Å². The Morgan fingerprint density at radius 2 is 1.76 bits per heavy atom. The Morgan fingerprint density at radius 3 is 2.28 bits per heavy atom. The first-order valence-electron chi connectivity index (χ1n) is 9.06. The molecule has 1 aromatic rings. The summed E-state index contributed by atoms with van der Waals surface area (Å²) in [6.07, 6.45) is 4.91. The number of phenolic OH excluding ortho intramolecular Hbond substituents is 1. The van der Waals surface area contributed by atoms with Crippen molar-refractivity contribution in [3.05, 3.63) is 17.7 Å². The van der Waals surface area contributed by atoms with Gasteiger partial charge in [-0.3, -0.25) is 0 Å². The minimum atomic E-state index is 0.0130. The van der Waals surface area contributed by atoms with Crippen molar-refractivity contribution in [2.45, 2.75) is 52.1 Å². The summed E-state index contributed by atoms with van der Waals surface area (Å²) in [5.74, 6) is 2.45. The van der Waals surface area contributed by atoms with E-state index >= 15 is 0 Å². The summed E-state index contributed by atoms with van der Waals surface area (Å²) in [6.45, 7) is 5.68. The Balaban J connectivity index is 2.07. The Morgan fingerprint density at radius 1 is 1.16 bits per heavy atom. The molecule has 0 atom stereocenters. The normalized spacial score (nSPS) is 20.9. The molecule has 1 aliphatic rings. The summed E-state index contributed by atoms with van der Waals surface area (Å²) < 4.78 is 10.4. The van der Waals surface area contributed by atoms with E-state index < -0.39 is 0 Å². The summed E-state index contributed by atoms with van der Waals surface area (Å²) in [7, 11) is 3.05. The lowest BCUT2D eigenvalue weighted by atomic mass is 9.87. The minimum Gasteiger partial charge on any atom is -0.502 e. The van der Waals surface area contributed by atoms with Gasteiger partial charge >= 0.3 is 0 Å². The van der Waals surface area contributed by atoms with Crippen LogP contribution in [0.2, 0.25) is 0 Å². The lowest BCUT2D eigenvalue weighted by Gasteiger charge is -2.28. The van der Waals surface area contributed by atoms with Gasteiger partial charge in [-0.25, -0.2) is 4.99 Å². The van der Waals surface area contributed by atoms with Crippen LogP contribution in [0.25, 0.3) is 0 Å².